The van der Waals surface area contributed by atoms with Crippen LogP contribution in [0.15, 0.2) is 35.7 Å². The molecule has 29 heavy (non-hydrogen) atoms. The van der Waals surface area contributed by atoms with Crippen LogP contribution >= 0.6 is 11.3 Å². The number of hydrogen-bond acceptors (Lipinski definition) is 4. The van der Waals surface area contributed by atoms with Gasteiger partial charge < -0.3 is 14.4 Å². The molecule has 2 aromatic heterocycles. The second kappa shape index (κ2) is 7.30. The average molecular weight is 409 g/mol. The molecule has 3 heterocycles. The number of nitrogens with zero attached hydrogens (tertiary/aromatic N) is 4. The lowest BCUT2D eigenvalue weighted by molar-refractivity contribution is -0.134. The van der Waals surface area contributed by atoms with E-state index in [2.05, 4.69) is 34.7 Å². The Bertz CT molecular complexity index is 1070. The van der Waals surface area contributed by atoms with Crippen molar-refractivity contribution in [2.75, 3.05) is 26.2 Å². The molecule has 0 radical (unpaired) electrons. The van der Waals surface area contributed by atoms with Gasteiger partial charge in [-0.05, 0) is 31.9 Å². The van der Waals surface area contributed by atoms with Gasteiger partial charge in [-0.25, -0.2) is 4.98 Å². The number of benzene rings is 1. The molecule has 7 heteroatoms. The third kappa shape index (κ3) is 3.33. The molecule has 0 bridgehead atoms. The Morgan fingerprint density at radius 2 is 1.83 bits per heavy atom. The average Bonchev–Trinajstić information content (AvgIpc) is 3.37. The van der Waals surface area contributed by atoms with Crippen LogP contribution in [0.25, 0.3) is 21.6 Å². The van der Waals surface area contributed by atoms with Crippen LogP contribution in [0.4, 0.5) is 0 Å². The van der Waals surface area contributed by atoms with Crippen LogP contribution in [0.2, 0.25) is 0 Å². The molecule has 0 unspecified atom stereocenters. The fourth-order valence-electron chi connectivity index (χ4n) is 4.10. The van der Waals surface area contributed by atoms with E-state index in [4.69, 9.17) is 0 Å². The molecule has 3 aromatic rings. The minimum atomic E-state index is -0.0369. The lowest BCUT2D eigenvalue weighted by Gasteiger charge is -2.34. The second-order valence-corrected chi connectivity index (χ2v) is 8.62. The Hall–Kier alpha value is -2.67. The highest BCUT2D eigenvalue weighted by Crippen LogP contribution is 2.32. The number of fused-ring (bicyclic) bond motifs is 1. The van der Waals surface area contributed by atoms with Gasteiger partial charge in [-0.1, -0.05) is 18.2 Å². The van der Waals surface area contributed by atoms with E-state index in [0.717, 1.165) is 30.1 Å². The first-order valence-electron chi connectivity index (χ1n) is 10.3. The van der Waals surface area contributed by atoms with E-state index in [9.17, 15) is 9.59 Å². The minimum Gasteiger partial charge on any atom is -0.339 e. The summed E-state index contributed by atoms with van der Waals surface area (Å²) in [6.07, 6.45) is 2.04. The zero-order valence-electron chi connectivity index (χ0n) is 16.5. The van der Waals surface area contributed by atoms with Gasteiger partial charge in [-0.15, -0.1) is 11.3 Å². The summed E-state index contributed by atoms with van der Waals surface area (Å²) < 4.78 is 2.24. The Kier molecular flexibility index (Phi) is 4.62. The normalized spacial score (nSPS) is 17.1. The zero-order valence-corrected chi connectivity index (χ0v) is 17.3. The summed E-state index contributed by atoms with van der Waals surface area (Å²) in [6.45, 7) is 5.39. The predicted octanol–water partition coefficient (Wildman–Crippen LogP) is 3.48. The van der Waals surface area contributed by atoms with Crippen LogP contribution < -0.4 is 0 Å². The van der Waals surface area contributed by atoms with Crippen molar-refractivity contribution in [3.63, 3.8) is 0 Å². The highest BCUT2D eigenvalue weighted by Gasteiger charge is 2.35. The molecule has 1 aromatic carbocycles. The van der Waals surface area contributed by atoms with Gasteiger partial charge >= 0.3 is 0 Å². The molecule has 5 rings (SSSR count). The highest BCUT2D eigenvalue weighted by atomic mass is 32.1. The van der Waals surface area contributed by atoms with Crippen molar-refractivity contribution in [1.29, 1.82) is 0 Å². The number of aromatic nitrogens is 2. The van der Waals surface area contributed by atoms with Crippen molar-refractivity contribution < 1.29 is 9.59 Å². The zero-order chi connectivity index (χ0) is 20.0. The molecule has 0 N–H and O–H groups in total. The molecular formula is C22H24N4O2S. The maximum absolute atomic E-state index is 13.0. The second-order valence-electron chi connectivity index (χ2n) is 7.76. The summed E-state index contributed by atoms with van der Waals surface area (Å²) >= 11 is 1.51. The predicted molar refractivity (Wildman–Crippen MR) is 114 cm³/mol. The van der Waals surface area contributed by atoms with Gasteiger partial charge in [0.1, 0.15) is 10.7 Å². The fraction of sp³-hybridized carbons (Fsp3) is 0.409. The SMILES string of the molecule is CCn1c(-c2nc(C(=O)N3CCN(C(=O)C4CC4)CC3)cs2)cc2ccccc21. The third-order valence-corrected chi connectivity index (χ3v) is 6.74. The monoisotopic (exact) mass is 408 g/mol. The van der Waals surface area contributed by atoms with Crippen LogP contribution in [-0.2, 0) is 11.3 Å². The van der Waals surface area contributed by atoms with Gasteiger partial charge in [0, 0.05) is 54.9 Å². The lowest BCUT2D eigenvalue weighted by Crippen LogP contribution is -2.51. The van der Waals surface area contributed by atoms with E-state index in [1.54, 1.807) is 0 Å². The number of para-hydroxylation sites is 1. The maximum atomic E-state index is 13.0. The maximum Gasteiger partial charge on any atom is 0.273 e. The van der Waals surface area contributed by atoms with Gasteiger partial charge in [-0.3, -0.25) is 9.59 Å². The molecule has 2 fully saturated rings. The Morgan fingerprint density at radius 3 is 2.55 bits per heavy atom. The highest BCUT2D eigenvalue weighted by molar-refractivity contribution is 7.13. The Morgan fingerprint density at radius 1 is 1.10 bits per heavy atom. The van der Waals surface area contributed by atoms with Crippen LogP contribution in [0.3, 0.4) is 0 Å². The first-order chi connectivity index (χ1) is 14.2. The van der Waals surface area contributed by atoms with E-state index in [0.29, 0.717) is 31.9 Å². The molecule has 150 valence electrons. The first-order valence-corrected chi connectivity index (χ1v) is 11.2. The smallest absolute Gasteiger partial charge is 0.273 e. The number of hydrogen-bond donors (Lipinski definition) is 0. The summed E-state index contributed by atoms with van der Waals surface area (Å²) in [5.74, 6) is 0.467. The fourth-order valence-corrected chi connectivity index (χ4v) is 4.92. The lowest BCUT2D eigenvalue weighted by atomic mass is 10.2. The molecule has 2 amide bonds. The number of rotatable bonds is 4. The van der Waals surface area contributed by atoms with Crippen LogP contribution in [0.1, 0.15) is 30.3 Å². The topological polar surface area (TPSA) is 58.4 Å². The van der Waals surface area contributed by atoms with Gasteiger partial charge in [0.2, 0.25) is 5.91 Å². The van der Waals surface area contributed by atoms with E-state index in [1.165, 1.54) is 22.2 Å². The number of amides is 2. The van der Waals surface area contributed by atoms with E-state index >= 15 is 0 Å². The number of carbonyl (C=O) groups excluding carboxylic acids is 2. The molecule has 1 saturated carbocycles. The van der Waals surface area contributed by atoms with Crippen molar-refractivity contribution in [3.8, 4) is 10.7 Å². The van der Waals surface area contributed by atoms with Gasteiger partial charge in [0.15, 0.2) is 0 Å². The van der Waals surface area contributed by atoms with Gasteiger partial charge in [-0.2, -0.15) is 0 Å². The summed E-state index contributed by atoms with van der Waals surface area (Å²) in [5.41, 5.74) is 2.74. The molecule has 1 aliphatic heterocycles. The van der Waals surface area contributed by atoms with Crippen molar-refractivity contribution in [1.82, 2.24) is 19.4 Å². The Balaban J connectivity index is 1.33. The van der Waals surface area contributed by atoms with Crippen LogP contribution in [0, 0.1) is 5.92 Å². The van der Waals surface area contributed by atoms with E-state index in [-0.39, 0.29) is 17.7 Å². The summed E-state index contributed by atoms with van der Waals surface area (Å²) in [7, 11) is 0. The molecule has 0 atom stereocenters. The quantitative estimate of drug-likeness (QED) is 0.664. The van der Waals surface area contributed by atoms with E-state index in [1.807, 2.05) is 27.3 Å². The molecule has 0 spiro atoms. The summed E-state index contributed by atoms with van der Waals surface area (Å²) in [6, 6.07) is 10.4. The molecule has 2 aliphatic rings. The van der Waals surface area contributed by atoms with Crippen LogP contribution in [-0.4, -0.2) is 57.3 Å². The third-order valence-electron chi connectivity index (χ3n) is 5.87. The molecule has 6 nitrogen and oxygen atoms in total. The Labute approximate surface area is 173 Å². The first kappa shape index (κ1) is 18.4. The number of thiazole rings is 1. The largest absolute Gasteiger partial charge is 0.339 e. The molecule has 1 aliphatic carbocycles. The standard InChI is InChI=1S/C22H24N4O2S/c1-2-26-18-6-4-3-5-16(18)13-19(26)20-23-17(14-29-20)22(28)25-11-9-24(10-12-25)21(27)15-7-8-15/h3-6,13-15H,2,7-12H2,1H3. The summed E-state index contributed by atoms with van der Waals surface area (Å²) in [5, 5.41) is 3.91. The molecule has 1 saturated heterocycles. The van der Waals surface area contributed by atoms with Gasteiger partial charge in [0.25, 0.3) is 5.91 Å². The number of aryl methyl sites for hydroxylation is 1. The minimum absolute atomic E-state index is 0.0369. The number of piperazine rings is 1. The van der Waals surface area contributed by atoms with Gasteiger partial charge in [0.05, 0.1) is 5.69 Å². The van der Waals surface area contributed by atoms with Crippen molar-refractivity contribution >= 4 is 34.1 Å². The van der Waals surface area contributed by atoms with Crippen molar-refractivity contribution in [3.05, 3.63) is 41.4 Å². The number of carbonyl (C=O) groups is 2. The van der Waals surface area contributed by atoms with Crippen molar-refractivity contribution in [2.24, 2.45) is 5.92 Å². The summed E-state index contributed by atoms with van der Waals surface area (Å²) in [4.78, 5) is 33.6. The van der Waals surface area contributed by atoms with Crippen molar-refractivity contribution in [2.45, 2.75) is 26.3 Å². The van der Waals surface area contributed by atoms with Crippen LogP contribution in [0.5, 0.6) is 0 Å². The van der Waals surface area contributed by atoms with E-state index < -0.39 is 0 Å². The molecular weight excluding hydrogens is 384 g/mol.